The third-order valence-corrected chi connectivity index (χ3v) is 14.4. The summed E-state index contributed by atoms with van der Waals surface area (Å²) in [7, 11) is 0. The Morgan fingerprint density at radius 1 is 0.789 bits per heavy atom. The molecule has 9 rings (SSSR count). The van der Waals surface area contributed by atoms with Gasteiger partial charge in [-0.1, -0.05) is 80.3 Å². The van der Waals surface area contributed by atoms with Crippen molar-refractivity contribution < 1.29 is 28.6 Å². The van der Waals surface area contributed by atoms with Crippen LogP contribution in [-0.4, -0.2) is 32.8 Å². The van der Waals surface area contributed by atoms with E-state index in [0.717, 1.165) is 72.5 Å². The average molecular weight is 987 g/mol. The summed E-state index contributed by atoms with van der Waals surface area (Å²) in [6, 6.07) is 49.3. The van der Waals surface area contributed by atoms with E-state index in [-0.39, 0.29) is 25.5 Å². The predicted molar refractivity (Wildman–Crippen MR) is 236 cm³/mol. The maximum Gasteiger partial charge on any atom is 0 e. The number of rotatable bonds is 5. The molecule has 0 saturated carbocycles. The average Bonchev–Trinajstić information content (AvgIpc) is 3.78. The fourth-order valence-corrected chi connectivity index (χ4v) is 9.12. The molecular weight excluding hydrogens is 937 g/mol. The van der Waals surface area contributed by atoms with Gasteiger partial charge >= 0.3 is 110 Å². The second-order valence-corrected chi connectivity index (χ2v) is 26.9. The fraction of sp³-hybridized carbons (Fsp3) is 0.180. The van der Waals surface area contributed by atoms with Gasteiger partial charge in [-0.2, -0.15) is 0 Å². The van der Waals surface area contributed by atoms with E-state index in [2.05, 4.69) is 144 Å². The predicted octanol–water partition coefficient (Wildman–Crippen LogP) is 12.5. The Morgan fingerprint density at radius 2 is 1.58 bits per heavy atom. The first-order chi connectivity index (χ1) is 28.1. The number of hydrogen-bond acceptors (Lipinski definition) is 4. The van der Waals surface area contributed by atoms with Crippen LogP contribution in [0.25, 0.3) is 72.6 Å². The zero-order chi connectivity index (χ0) is 41.7. The number of pyridine rings is 2. The van der Waals surface area contributed by atoms with Gasteiger partial charge in [0.05, 0.1) is 22.4 Å². The fourth-order valence-electron chi connectivity index (χ4n) is 6.95. The summed E-state index contributed by atoms with van der Waals surface area (Å²) in [6.45, 7) is 6.66. The molecule has 5 nitrogen and oxygen atoms in total. The molecule has 57 heavy (non-hydrogen) atoms. The van der Waals surface area contributed by atoms with Crippen LogP contribution in [0, 0.1) is 25.9 Å². The molecule has 0 N–H and O–H groups in total. The van der Waals surface area contributed by atoms with Crippen LogP contribution in [0.15, 0.2) is 138 Å². The second kappa shape index (κ2) is 16.0. The number of hydrogen-bond donors (Lipinski definition) is 0. The number of fused-ring (bicyclic) bond motifs is 4. The van der Waals surface area contributed by atoms with Gasteiger partial charge in [-0.15, -0.1) is 18.2 Å². The SMILES string of the molecule is Cc1ccc2c(n1)oc1c(-c3nc4ccccc4n3-c3ccc(C(C)(C)C)cc3-c3ccccc3)[c-]ccc12.[2H]C([2H])([2H])c1c[c-]c(-c2cc[c]([Ge]([CH3])([CH3])[CH3])cn2)cc1.[Ir]. The molecule has 0 atom stereocenters. The number of furan rings is 1. The normalized spacial score (nSPS) is 12.7. The van der Waals surface area contributed by atoms with Crippen molar-refractivity contribution in [1.29, 1.82) is 0 Å². The molecule has 9 aromatic rings. The van der Waals surface area contributed by atoms with Crippen molar-refractivity contribution in [3.8, 4) is 39.5 Å². The van der Waals surface area contributed by atoms with Crippen molar-refractivity contribution >= 4 is 50.8 Å². The van der Waals surface area contributed by atoms with E-state index in [1.165, 1.54) is 16.0 Å². The van der Waals surface area contributed by atoms with Gasteiger partial charge in [0.15, 0.2) is 0 Å². The van der Waals surface area contributed by atoms with Gasteiger partial charge in [0.25, 0.3) is 0 Å². The molecule has 0 unspecified atom stereocenters. The topological polar surface area (TPSA) is 56.7 Å². The number of imidazole rings is 1. The van der Waals surface area contributed by atoms with E-state index < -0.39 is 20.1 Å². The molecule has 4 heterocycles. The summed E-state index contributed by atoms with van der Waals surface area (Å²) in [5.41, 5.74) is 11.7. The summed E-state index contributed by atoms with van der Waals surface area (Å²) < 4.78 is 32.0. The van der Waals surface area contributed by atoms with Crippen molar-refractivity contribution in [3.63, 3.8) is 0 Å². The monoisotopic (exact) mass is 988 g/mol. The Kier molecular flexibility index (Phi) is 10.2. The van der Waals surface area contributed by atoms with Crippen molar-refractivity contribution in [2.24, 2.45) is 0 Å². The maximum absolute atomic E-state index is 7.35. The summed E-state index contributed by atoms with van der Waals surface area (Å²) >= 11 is -1.83. The quantitative estimate of drug-likeness (QED) is 0.127. The molecule has 4 aromatic heterocycles. The Balaban J connectivity index is 0.000000220. The van der Waals surface area contributed by atoms with Gasteiger partial charge in [-0.25, -0.2) is 4.98 Å². The standard InChI is InChI=1S/C35H28N3O.C15H18GeN.Ir/c1-22-17-19-26-25-13-10-14-27(32(25)39-34(26)36-22)33-37-29-15-8-9-16-31(29)38(33)30-20-18-24(35(2,3)4)21-28(30)23-11-6-5-7-12-23;1-12-5-7-13(8-6-12)15-10-9-14(11-17-15)16(2,3)4;/h5-13,15-21H,1-4H3;5-7,9-11H,1-4H3;/q2*-1;/i;1D3;. The molecule has 0 saturated heterocycles. The zero-order valence-electron chi connectivity index (χ0n) is 36.2. The number of para-hydroxylation sites is 2. The molecule has 0 aliphatic heterocycles. The number of aromatic nitrogens is 4. The Hall–Kier alpha value is -5.14. The largest absolute Gasteiger partial charge is 0 e. The van der Waals surface area contributed by atoms with E-state index in [1.54, 1.807) is 12.1 Å². The van der Waals surface area contributed by atoms with Crippen LogP contribution in [0.1, 0.15) is 41.7 Å². The van der Waals surface area contributed by atoms with Gasteiger partial charge < -0.3 is 8.98 Å². The van der Waals surface area contributed by atoms with E-state index >= 15 is 0 Å². The number of benzene rings is 5. The first-order valence-corrected chi connectivity index (χ1v) is 26.3. The third kappa shape index (κ3) is 8.18. The summed E-state index contributed by atoms with van der Waals surface area (Å²) in [5.74, 6) is 7.77. The van der Waals surface area contributed by atoms with Crippen molar-refractivity contribution in [2.75, 3.05) is 0 Å². The molecule has 5 aromatic carbocycles. The van der Waals surface area contributed by atoms with Crippen LogP contribution in [0.2, 0.25) is 17.3 Å². The summed E-state index contributed by atoms with van der Waals surface area (Å²) in [5, 5.41) is 2.00. The molecule has 287 valence electrons. The van der Waals surface area contributed by atoms with Crippen LogP contribution >= 0.6 is 0 Å². The van der Waals surface area contributed by atoms with E-state index in [4.69, 9.17) is 13.5 Å². The van der Waals surface area contributed by atoms with Crippen molar-refractivity contribution in [3.05, 3.63) is 163 Å². The van der Waals surface area contributed by atoms with E-state index in [0.29, 0.717) is 11.3 Å². The first kappa shape index (κ1) is 36.2. The van der Waals surface area contributed by atoms with Gasteiger partial charge in [0.1, 0.15) is 0 Å². The Morgan fingerprint density at radius 3 is 2.28 bits per heavy atom. The molecule has 0 amide bonds. The first-order valence-electron chi connectivity index (χ1n) is 20.4. The number of aryl methyl sites for hydroxylation is 2. The van der Waals surface area contributed by atoms with Crippen molar-refractivity contribution in [2.45, 2.75) is 57.2 Å². The Labute approximate surface area is 356 Å². The van der Waals surface area contributed by atoms with Gasteiger partial charge in [0, 0.05) is 42.4 Å². The molecule has 0 aliphatic rings. The summed E-state index contributed by atoms with van der Waals surface area (Å²) in [6.07, 6.45) is 1.95. The second-order valence-electron chi connectivity index (χ2n) is 16.3. The van der Waals surface area contributed by atoms with Crippen molar-refractivity contribution in [1.82, 2.24) is 19.5 Å². The van der Waals surface area contributed by atoms with E-state index in [9.17, 15) is 0 Å². The molecule has 0 fully saturated rings. The minimum Gasteiger partial charge on any atom is 0 e. The smallest absolute Gasteiger partial charge is 0 e. The molecule has 0 bridgehead atoms. The minimum atomic E-state index is -2.08. The third-order valence-electron chi connectivity index (χ3n) is 10.1. The molecular formula is C50H46GeIrN4O-2. The summed E-state index contributed by atoms with van der Waals surface area (Å²) in [4.78, 5) is 14.3. The Bertz CT molecular complexity index is 2890. The van der Waals surface area contributed by atoms with Gasteiger partial charge in [-0.05, 0) is 59.9 Å². The molecule has 7 heteroatoms. The van der Waals surface area contributed by atoms with Crippen LogP contribution in [-0.2, 0) is 25.5 Å². The van der Waals surface area contributed by atoms with Gasteiger partial charge in [0.2, 0.25) is 5.71 Å². The molecule has 0 aliphatic carbocycles. The zero-order valence-corrected chi connectivity index (χ0v) is 37.7. The van der Waals surface area contributed by atoms with Crippen LogP contribution in [0.4, 0.5) is 0 Å². The van der Waals surface area contributed by atoms with Crippen LogP contribution < -0.4 is 4.40 Å². The number of nitrogens with zero attached hydrogens (tertiary/aromatic N) is 4. The molecule has 1 radical (unpaired) electrons. The minimum absolute atomic E-state index is 0. The van der Waals surface area contributed by atoms with Crippen LogP contribution in [0.5, 0.6) is 0 Å². The molecule has 0 spiro atoms. The maximum atomic E-state index is 7.35. The van der Waals surface area contributed by atoms with Gasteiger partial charge in [-0.3, -0.25) is 4.98 Å². The van der Waals surface area contributed by atoms with E-state index in [1.807, 2.05) is 43.5 Å². The van der Waals surface area contributed by atoms with Crippen LogP contribution in [0.3, 0.4) is 0 Å².